The lowest BCUT2D eigenvalue weighted by Gasteiger charge is -2.22. The summed E-state index contributed by atoms with van der Waals surface area (Å²) in [6, 6.07) is 0.383. The van der Waals surface area contributed by atoms with Crippen LogP contribution >= 0.6 is 23.1 Å². The van der Waals surface area contributed by atoms with Crippen molar-refractivity contribution in [2.24, 2.45) is 5.92 Å². The zero-order valence-corrected chi connectivity index (χ0v) is 18.5. The van der Waals surface area contributed by atoms with E-state index < -0.39 is 0 Å². The fraction of sp³-hybridized carbons (Fsp3) is 0.650. The molecule has 0 aromatic carbocycles. The fourth-order valence-corrected chi connectivity index (χ4v) is 6.90. The first-order chi connectivity index (χ1) is 14.1. The summed E-state index contributed by atoms with van der Waals surface area (Å²) < 4.78 is 1.97. The molecule has 0 amide bonds. The lowest BCUT2D eigenvalue weighted by molar-refractivity contribution is 0.307. The van der Waals surface area contributed by atoms with Gasteiger partial charge in [-0.25, -0.2) is 9.67 Å². The maximum Gasteiger partial charge on any atom is 0.259 e. The van der Waals surface area contributed by atoms with Crippen molar-refractivity contribution < 1.29 is 0 Å². The van der Waals surface area contributed by atoms with Crippen LogP contribution in [0.5, 0.6) is 0 Å². The molecule has 29 heavy (non-hydrogen) atoms. The maximum absolute atomic E-state index is 12.9. The number of nitrogens with zero attached hydrogens (tertiary/aromatic N) is 5. The number of aryl methyl sites for hydroxylation is 1. The monoisotopic (exact) mass is 430 g/mol. The topological polar surface area (TPSA) is 89.3 Å². The van der Waals surface area contributed by atoms with Gasteiger partial charge >= 0.3 is 0 Å². The molecule has 1 fully saturated rings. The maximum atomic E-state index is 12.9. The van der Waals surface area contributed by atoms with Crippen LogP contribution in [0.4, 0.5) is 0 Å². The summed E-state index contributed by atoms with van der Waals surface area (Å²) in [5, 5.41) is 14.0. The molecule has 9 heteroatoms. The summed E-state index contributed by atoms with van der Waals surface area (Å²) in [6.07, 6.45) is 9.23. The molecule has 0 aliphatic heterocycles. The van der Waals surface area contributed by atoms with Crippen molar-refractivity contribution in [3.05, 3.63) is 26.6 Å². The molecule has 1 N–H and O–H groups in total. The van der Waals surface area contributed by atoms with Gasteiger partial charge in [0.1, 0.15) is 10.7 Å². The number of rotatable bonds is 4. The quantitative estimate of drug-likeness (QED) is 0.615. The Morgan fingerprint density at radius 3 is 2.90 bits per heavy atom. The predicted octanol–water partition coefficient (Wildman–Crippen LogP) is 4.45. The van der Waals surface area contributed by atoms with Crippen molar-refractivity contribution in [1.29, 1.82) is 0 Å². The van der Waals surface area contributed by atoms with E-state index in [9.17, 15) is 4.79 Å². The summed E-state index contributed by atoms with van der Waals surface area (Å²) in [7, 11) is 0. The standard InChI is InChI=1S/C20H26N6OS2/c1-11-8-9-14-15(10-11)29-19-16(14)18(27)21-17(22-19)12(2)28-20-23-24-25-26(20)13-6-4-3-5-7-13/h11-13H,3-10H2,1-2H3,(H,21,22,27). The second kappa shape index (κ2) is 7.83. The van der Waals surface area contributed by atoms with Crippen LogP contribution in [0.1, 0.15) is 79.9 Å². The van der Waals surface area contributed by atoms with E-state index in [0.29, 0.717) is 17.8 Å². The highest BCUT2D eigenvalue weighted by Gasteiger charge is 2.25. The smallest absolute Gasteiger partial charge is 0.259 e. The van der Waals surface area contributed by atoms with Crippen LogP contribution in [0.25, 0.3) is 10.2 Å². The molecule has 2 aliphatic carbocycles. The number of thiophene rings is 1. The van der Waals surface area contributed by atoms with Gasteiger partial charge in [-0.05, 0) is 60.9 Å². The van der Waals surface area contributed by atoms with Crippen LogP contribution in [0.3, 0.4) is 0 Å². The number of nitrogens with one attached hydrogen (secondary N) is 1. The van der Waals surface area contributed by atoms with Crippen LogP contribution in [-0.4, -0.2) is 30.2 Å². The Hall–Kier alpha value is -1.74. The molecule has 5 rings (SSSR count). The highest BCUT2D eigenvalue weighted by Crippen LogP contribution is 2.38. The van der Waals surface area contributed by atoms with Crippen LogP contribution in [0.15, 0.2) is 9.95 Å². The van der Waals surface area contributed by atoms with Gasteiger partial charge in [-0.15, -0.1) is 16.4 Å². The van der Waals surface area contributed by atoms with Crippen LogP contribution < -0.4 is 5.56 Å². The predicted molar refractivity (Wildman–Crippen MR) is 116 cm³/mol. The second-order valence-corrected chi connectivity index (χ2v) is 10.8. The molecule has 1 saturated carbocycles. The summed E-state index contributed by atoms with van der Waals surface area (Å²) in [5.74, 6) is 1.39. The van der Waals surface area contributed by atoms with Crippen molar-refractivity contribution >= 4 is 33.3 Å². The van der Waals surface area contributed by atoms with Gasteiger partial charge in [-0.3, -0.25) is 4.79 Å². The Labute approximate surface area is 177 Å². The van der Waals surface area contributed by atoms with Crippen molar-refractivity contribution in [2.75, 3.05) is 0 Å². The molecule has 3 aromatic heterocycles. The van der Waals surface area contributed by atoms with Crippen LogP contribution in [-0.2, 0) is 12.8 Å². The summed E-state index contributed by atoms with van der Waals surface area (Å²) in [6.45, 7) is 4.34. The first kappa shape index (κ1) is 19.2. The minimum absolute atomic E-state index is 0.00336. The van der Waals surface area contributed by atoms with Gasteiger partial charge in [0.2, 0.25) is 5.16 Å². The van der Waals surface area contributed by atoms with Gasteiger partial charge in [0, 0.05) is 4.88 Å². The third-order valence-corrected chi connectivity index (χ3v) is 8.44. The van der Waals surface area contributed by atoms with E-state index >= 15 is 0 Å². The molecule has 2 atom stereocenters. The Kier molecular flexibility index (Phi) is 5.19. The molecular weight excluding hydrogens is 404 g/mol. The zero-order valence-electron chi connectivity index (χ0n) is 16.8. The Morgan fingerprint density at radius 1 is 1.24 bits per heavy atom. The third kappa shape index (κ3) is 3.63. The van der Waals surface area contributed by atoms with Crippen molar-refractivity contribution in [2.45, 2.75) is 81.7 Å². The number of aromatic nitrogens is 6. The summed E-state index contributed by atoms with van der Waals surface area (Å²) >= 11 is 3.27. The van der Waals surface area contributed by atoms with Crippen LogP contribution in [0.2, 0.25) is 0 Å². The Morgan fingerprint density at radius 2 is 2.07 bits per heavy atom. The van der Waals surface area contributed by atoms with E-state index in [1.165, 1.54) is 29.7 Å². The molecule has 7 nitrogen and oxygen atoms in total. The average molecular weight is 431 g/mol. The summed E-state index contributed by atoms with van der Waals surface area (Å²) in [5.41, 5.74) is 1.22. The van der Waals surface area contributed by atoms with Crippen molar-refractivity contribution in [3.8, 4) is 0 Å². The SMILES string of the molecule is CC1CCc2c(sc3nc(C(C)Sc4nnnn4C4CCCCC4)[nH]c(=O)c23)C1. The van der Waals surface area contributed by atoms with E-state index in [1.807, 2.05) is 4.68 Å². The average Bonchev–Trinajstić information content (AvgIpc) is 3.32. The molecule has 3 heterocycles. The van der Waals surface area contributed by atoms with E-state index in [1.54, 1.807) is 23.1 Å². The van der Waals surface area contributed by atoms with Crippen molar-refractivity contribution in [3.63, 3.8) is 0 Å². The first-order valence-corrected chi connectivity index (χ1v) is 12.3. The molecule has 154 valence electrons. The normalized spacial score (nSPS) is 21.4. The molecule has 0 radical (unpaired) electrons. The third-order valence-electron chi connectivity index (χ3n) is 6.23. The number of thioether (sulfide) groups is 1. The minimum atomic E-state index is -0.0292. The molecular formula is C20H26N6OS2. The lowest BCUT2D eigenvalue weighted by atomic mass is 9.89. The number of hydrogen-bond acceptors (Lipinski definition) is 7. The minimum Gasteiger partial charge on any atom is -0.309 e. The molecule has 3 aromatic rings. The zero-order chi connectivity index (χ0) is 20.0. The number of aromatic amines is 1. The van der Waals surface area contributed by atoms with Gasteiger partial charge in [-0.1, -0.05) is 37.9 Å². The highest BCUT2D eigenvalue weighted by atomic mass is 32.2. The molecule has 2 aliphatic rings. The van der Waals surface area contributed by atoms with Gasteiger partial charge in [0.15, 0.2) is 0 Å². The number of tetrazole rings is 1. The van der Waals surface area contributed by atoms with E-state index in [-0.39, 0.29) is 10.8 Å². The summed E-state index contributed by atoms with van der Waals surface area (Å²) in [4.78, 5) is 23.0. The lowest BCUT2D eigenvalue weighted by Crippen LogP contribution is -2.17. The van der Waals surface area contributed by atoms with E-state index in [2.05, 4.69) is 34.4 Å². The highest BCUT2D eigenvalue weighted by molar-refractivity contribution is 7.99. The molecule has 0 bridgehead atoms. The van der Waals surface area contributed by atoms with Gasteiger partial charge in [-0.2, -0.15) is 0 Å². The molecule has 0 spiro atoms. The fourth-order valence-electron chi connectivity index (χ4n) is 4.59. The molecule has 2 unspecified atom stereocenters. The molecule has 0 saturated heterocycles. The number of hydrogen-bond donors (Lipinski definition) is 1. The Bertz CT molecular complexity index is 1080. The van der Waals surface area contributed by atoms with Crippen molar-refractivity contribution in [1.82, 2.24) is 30.2 Å². The van der Waals surface area contributed by atoms with Crippen LogP contribution in [0, 0.1) is 5.92 Å². The van der Waals surface area contributed by atoms with Gasteiger partial charge in [0.05, 0.1) is 16.7 Å². The second-order valence-electron chi connectivity index (χ2n) is 8.44. The van der Waals surface area contributed by atoms with Gasteiger partial charge < -0.3 is 4.98 Å². The Balaban J connectivity index is 1.43. The van der Waals surface area contributed by atoms with E-state index in [0.717, 1.165) is 47.5 Å². The largest absolute Gasteiger partial charge is 0.309 e. The first-order valence-electron chi connectivity index (χ1n) is 10.6. The number of fused-ring (bicyclic) bond motifs is 3. The number of H-pyrrole nitrogens is 1. The van der Waals surface area contributed by atoms with E-state index in [4.69, 9.17) is 4.98 Å². The van der Waals surface area contributed by atoms with Gasteiger partial charge in [0.25, 0.3) is 5.56 Å².